The molecule has 0 unspecified atom stereocenters. The molecule has 0 amide bonds. The minimum absolute atomic E-state index is 0.135. The second-order valence-corrected chi connectivity index (χ2v) is 9.80. The minimum Gasteiger partial charge on any atom is -0.393 e. The third-order valence-electron chi connectivity index (χ3n) is 8.88. The van der Waals surface area contributed by atoms with Gasteiger partial charge in [-0.05, 0) is 81.0 Å². The topological polar surface area (TPSA) is 115 Å². The van der Waals surface area contributed by atoms with Gasteiger partial charge in [-0.2, -0.15) is 5.10 Å². The molecule has 6 N–H and O–H groups in total. The Kier molecular flexibility index (Phi) is 4.16. The van der Waals surface area contributed by atoms with Crippen molar-refractivity contribution in [2.75, 3.05) is 0 Å². The normalized spacial score (nSPS) is 52.1. The van der Waals surface area contributed by atoms with Crippen LogP contribution >= 0.6 is 0 Å². The fraction of sp³-hybridized carbons (Fsp3) is 0.900. The molecule has 6 nitrogen and oxygen atoms in total. The number of nitrogens with one attached hydrogen (secondary N) is 2. The highest BCUT2D eigenvalue weighted by molar-refractivity contribution is 5.94. The van der Waals surface area contributed by atoms with E-state index in [1.54, 1.807) is 0 Å². The number of hydrazone groups is 1. The molecular weight excluding hydrogens is 328 g/mol. The van der Waals surface area contributed by atoms with Crippen LogP contribution in [0.1, 0.15) is 71.6 Å². The molecule has 4 aliphatic carbocycles. The van der Waals surface area contributed by atoms with Crippen molar-refractivity contribution in [2.45, 2.75) is 83.3 Å². The maximum atomic E-state index is 11.9. The highest BCUT2D eigenvalue weighted by atomic mass is 16.3. The van der Waals surface area contributed by atoms with Crippen LogP contribution in [0.4, 0.5) is 0 Å². The summed E-state index contributed by atoms with van der Waals surface area (Å²) in [6, 6.07) is 0. The number of nitrogens with two attached hydrogens (primary N) is 1. The summed E-state index contributed by atoms with van der Waals surface area (Å²) in [6.45, 7) is 4.59. The standard InChI is InChI=1S/C20H34N4O2/c1-18-8-5-13(25)11-12(18)3-4-15-14(18)6-9-19(2)16(23-24-17(21)22)7-10-20(15,19)26/h12-15,25-26H,3-11H2,1-2H3,(H4,21,22,24)/b23-16+/t12-,13+,14+,15-,18+,19-,20+/m1/s1. The number of aliphatic hydroxyl groups is 2. The Morgan fingerprint density at radius 2 is 1.92 bits per heavy atom. The molecule has 26 heavy (non-hydrogen) atoms. The number of hydrogen-bond acceptors (Lipinski definition) is 4. The van der Waals surface area contributed by atoms with E-state index in [-0.39, 0.29) is 22.9 Å². The van der Waals surface area contributed by atoms with Crippen molar-refractivity contribution in [1.82, 2.24) is 5.43 Å². The first-order valence-electron chi connectivity index (χ1n) is 10.3. The van der Waals surface area contributed by atoms with E-state index >= 15 is 0 Å². The Labute approximate surface area is 156 Å². The largest absolute Gasteiger partial charge is 0.393 e. The maximum absolute atomic E-state index is 11.9. The minimum atomic E-state index is -0.711. The molecule has 4 saturated carbocycles. The number of aliphatic hydroxyl groups excluding tert-OH is 1. The van der Waals surface area contributed by atoms with Gasteiger partial charge < -0.3 is 15.9 Å². The van der Waals surface area contributed by atoms with E-state index in [0.29, 0.717) is 17.8 Å². The molecule has 4 fully saturated rings. The molecule has 0 aliphatic heterocycles. The SMILES string of the molecule is C[C@]12CC[C@H](O)C[C@H]1CC[C@@H]1[C@@H]2CC[C@]2(C)/C(=N/NC(=N)N)CC[C@]12O. The van der Waals surface area contributed by atoms with Crippen molar-refractivity contribution in [3.05, 3.63) is 0 Å². The quantitative estimate of drug-likeness (QED) is 0.280. The van der Waals surface area contributed by atoms with Crippen LogP contribution in [0, 0.1) is 34.0 Å². The van der Waals surface area contributed by atoms with Crippen LogP contribution in [0.25, 0.3) is 0 Å². The fourth-order valence-corrected chi connectivity index (χ4v) is 7.29. The average molecular weight is 363 g/mol. The number of hydrogen-bond donors (Lipinski definition) is 5. The Morgan fingerprint density at radius 3 is 2.65 bits per heavy atom. The lowest BCUT2D eigenvalue weighted by molar-refractivity contribution is -0.191. The van der Waals surface area contributed by atoms with Gasteiger partial charge in [0, 0.05) is 11.1 Å². The first kappa shape index (κ1) is 18.2. The van der Waals surface area contributed by atoms with E-state index in [1.807, 2.05) is 0 Å². The van der Waals surface area contributed by atoms with E-state index in [0.717, 1.165) is 63.5 Å². The molecule has 0 aromatic rings. The number of fused-ring (bicyclic) bond motifs is 5. The summed E-state index contributed by atoms with van der Waals surface area (Å²) in [5.41, 5.74) is 8.19. The van der Waals surface area contributed by atoms with Gasteiger partial charge in [-0.1, -0.05) is 13.8 Å². The third kappa shape index (κ3) is 2.37. The number of guanidine groups is 1. The van der Waals surface area contributed by atoms with Gasteiger partial charge in [0.15, 0.2) is 0 Å². The van der Waals surface area contributed by atoms with Crippen molar-refractivity contribution in [3.63, 3.8) is 0 Å². The predicted octanol–water partition coefficient (Wildman–Crippen LogP) is 2.34. The molecule has 6 heteroatoms. The summed E-state index contributed by atoms with van der Waals surface area (Å²) in [6.07, 6.45) is 8.54. The van der Waals surface area contributed by atoms with Gasteiger partial charge in [0.05, 0.1) is 11.7 Å². The van der Waals surface area contributed by atoms with Gasteiger partial charge >= 0.3 is 0 Å². The van der Waals surface area contributed by atoms with E-state index in [2.05, 4.69) is 24.4 Å². The molecule has 0 aromatic heterocycles. The molecule has 7 atom stereocenters. The highest BCUT2D eigenvalue weighted by Crippen LogP contribution is 2.67. The summed E-state index contributed by atoms with van der Waals surface area (Å²) in [4.78, 5) is 0. The molecule has 4 rings (SSSR count). The van der Waals surface area contributed by atoms with Gasteiger partial charge in [-0.3, -0.25) is 5.41 Å². The number of rotatable bonds is 1. The maximum Gasteiger partial charge on any atom is 0.206 e. The third-order valence-corrected chi connectivity index (χ3v) is 8.88. The van der Waals surface area contributed by atoms with Crippen LogP contribution in [0.3, 0.4) is 0 Å². The van der Waals surface area contributed by atoms with Crippen LogP contribution in [0.2, 0.25) is 0 Å². The van der Waals surface area contributed by atoms with Crippen LogP contribution in [0.5, 0.6) is 0 Å². The lowest BCUT2D eigenvalue weighted by Crippen LogP contribution is -2.62. The van der Waals surface area contributed by atoms with Crippen LogP contribution in [0.15, 0.2) is 5.10 Å². The van der Waals surface area contributed by atoms with Gasteiger partial charge in [0.2, 0.25) is 5.96 Å². The fourth-order valence-electron chi connectivity index (χ4n) is 7.29. The van der Waals surface area contributed by atoms with Crippen LogP contribution in [-0.2, 0) is 0 Å². The Bertz CT molecular complexity index is 637. The summed E-state index contributed by atoms with van der Waals surface area (Å²) < 4.78 is 0. The van der Waals surface area contributed by atoms with E-state index < -0.39 is 5.60 Å². The molecule has 0 bridgehead atoms. The molecular formula is C20H34N4O2. The summed E-state index contributed by atoms with van der Waals surface area (Å²) in [7, 11) is 0. The molecule has 0 radical (unpaired) electrons. The molecule has 146 valence electrons. The van der Waals surface area contributed by atoms with Gasteiger partial charge in [-0.25, -0.2) is 5.43 Å². The predicted molar refractivity (Wildman–Crippen MR) is 102 cm³/mol. The van der Waals surface area contributed by atoms with E-state index in [1.165, 1.54) is 0 Å². The van der Waals surface area contributed by atoms with Gasteiger partial charge in [0.25, 0.3) is 0 Å². The Balaban J connectivity index is 1.64. The van der Waals surface area contributed by atoms with Crippen LogP contribution in [-0.4, -0.2) is 33.6 Å². The van der Waals surface area contributed by atoms with Crippen molar-refractivity contribution >= 4 is 11.7 Å². The summed E-state index contributed by atoms with van der Waals surface area (Å²) >= 11 is 0. The zero-order chi connectivity index (χ0) is 18.7. The second-order valence-electron chi connectivity index (χ2n) is 9.80. The smallest absolute Gasteiger partial charge is 0.206 e. The van der Waals surface area contributed by atoms with Crippen LogP contribution < -0.4 is 11.2 Å². The number of nitrogens with zero attached hydrogens (tertiary/aromatic N) is 1. The van der Waals surface area contributed by atoms with Gasteiger partial charge in [-0.15, -0.1) is 0 Å². The first-order valence-corrected chi connectivity index (χ1v) is 10.3. The Hall–Kier alpha value is -1.14. The van der Waals surface area contributed by atoms with E-state index in [9.17, 15) is 10.2 Å². The zero-order valence-electron chi connectivity index (χ0n) is 16.1. The lowest BCUT2D eigenvalue weighted by Gasteiger charge is -2.62. The second kappa shape index (κ2) is 5.93. The molecule has 0 saturated heterocycles. The molecule has 4 aliphatic rings. The van der Waals surface area contributed by atoms with Crippen molar-refractivity contribution in [1.29, 1.82) is 5.41 Å². The van der Waals surface area contributed by atoms with Crippen molar-refractivity contribution in [3.8, 4) is 0 Å². The zero-order valence-corrected chi connectivity index (χ0v) is 16.1. The molecule has 0 spiro atoms. The average Bonchev–Trinajstić information content (AvgIpc) is 2.85. The first-order chi connectivity index (χ1) is 12.2. The van der Waals surface area contributed by atoms with Crippen molar-refractivity contribution in [2.24, 2.45) is 39.4 Å². The molecule has 0 heterocycles. The van der Waals surface area contributed by atoms with Crippen molar-refractivity contribution < 1.29 is 10.2 Å². The lowest BCUT2D eigenvalue weighted by atomic mass is 9.44. The monoisotopic (exact) mass is 362 g/mol. The highest BCUT2D eigenvalue weighted by Gasteiger charge is 2.66. The Morgan fingerprint density at radius 1 is 1.15 bits per heavy atom. The summed E-state index contributed by atoms with van der Waals surface area (Å²) in [5, 5.41) is 33.8. The summed E-state index contributed by atoms with van der Waals surface area (Å²) in [5.74, 6) is 1.28. The van der Waals surface area contributed by atoms with E-state index in [4.69, 9.17) is 11.1 Å². The van der Waals surface area contributed by atoms with Gasteiger partial charge in [0.1, 0.15) is 0 Å². The molecule has 0 aromatic carbocycles.